The fourth-order valence-electron chi connectivity index (χ4n) is 3.08. The van der Waals surface area contributed by atoms with E-state index in [0.29, 0.717) is 35.6 Å². The highest BCUT2D eigenvalue weighted by Gasteiger charge is 2.31. The molecule has 8 heteroatoms. The van der Waals surface area contributed by atoms with Crippen molar-refractivity contribution in [3.05, 3.63) is 57.7 Å². The van der Waals surface area contributed by atoms with Crippen LogP contribution in [-0.4, -0.2) is 27.5 Å². The molecule has 0 aliphatic heterocycles. The number of benzene rings is 1. The number of nitrogens with one attached hydrogen (secondary N) is 2. The molecule has 1 amide bonds. The van der Waals surface area contributed by atoms with Gasteiger partial charge in [0.1, 0.15) is 17.4 Å². The van der Waals surface area contributed by atoms with E-state index in [9.17, 15) is 19.1 Å². The number of fused-ring (bicyclic) bond motifs is 1. The summed E-state index contributed by atoms with van der Waals surface area (Å²) in [6.45, 7) is 5.39. The van der Waals surface area contributed by atoms with Crippen LogP contribution < -0.4 is 10.7 Å². The van der Waals surface area contributed by atoms with E-state index < -0.39 is 16.6 Å². The van der Waals surface area contributed by atoms with Crippen LogP contribution in [0.2, 0.25) is 0 Å². The Kier molecular flexibility index (Phi) is 5.22. The number of carbonyl (C=O) groups is 1. The first-order chi connectivity index (χ1) is 13.2. The fraction of sp³-hybridized carbons (Fsp3) is 0.350. The van der Waals surface area contributed by atoms with E-state index in [1.807, 2.05) is 0 Å². The van der Waals surface area contributed by atoms with Crippen molar-refractivity contribution in [1.82, 2.24) is 15.3 Å². The number of rotatable bonds is 6. The number of aromatic amines is 1. The highest BCUT2D eigenvalue weighted by Crippen LogP contribution is 2.32. The maximum Gasteiger partial charge on any atom is 0.227 e. The predicted octanol–water partition coefficient (Wildman–Crippen LogP) is 2.70. The monoisotopic (exact) mass is 387 g/mol. The SMILES string of the molecule is Cc1cc(=O)c(O)c(C(C)(C)CC(=O)NCCc2nc3ccc(F)cc3[nH]2)o1. The number of aryl methyl sites for hydroxylation is 1. The molecule has 0 aliphatic carbocycles. The molecule has 0 saturated heterocycles. The number of amides is 1. The van der Waals surface area contributed by atoms with Gasteiger partial charge in [-0.1, -0.05) is 13.8 Å². The maximum absolute atomic E-state index is 13.2. The smallest absolute Gasteiger partial charge is 0.227 e. The summed E-state index contributed by atoms with van der Waals surface area (Å²) < 4.78 is 18.7. The van der Waals surface area contributed by atoms with Gasteiger partial charge in [0.25, 0.3) is 0 Å². The first kappa shape index (κ1) is 19.6. The van der Waals surface area contributed by atoms with Gasteiger partial charge in [0.2, 0.25) is 17.1 Å². The van der Waals surface area contributed by atoms with E-state index >= 15 is 0 Å². The Balaban J connectivity index is 1.61. The summed E-state index contributed by atoms with van der Waals surface area (Å²) in [6, 6.07) is 5.51. The van der Waals surface area contributed by atoms with Crippen LogP contribution in [0.25, 0.3) is 11.0 Å². The first-order valence-electron chi connectivity index (χ1n) is 8.91. The molecule has 2 aromatic heterocycles. The topological polar surface area (TPSA) is 108 Å². The number of hydrogen-bond donors (Lipinski definition) is 3. The average molecular weight is 387 g/mol. The molecule has 0 atom stereocenters. The highest BCUT2D eigenvalue weighted by molar-refractivity contribution is 5.77. The van der Waals surface area contributed by atoms with E-state index in [-0.39, 0.29) is 23.9 Å². The summed E-state index contributed by atoms with van der Waals surface area (Å²) in [5.74, 6) is 0.0277. The van der Waals surface area contributed by atoms with Gasteiger partial charge in [0, 0.05) is 30.9 Å². The third-order valence-electron chi connectivity index (χ3n) is 4.44. The van der Waals surface area contributed by atoms with Gasteiger partial charge < -0.3 is 19.8 Å². The molecule has 0 saturated carbocycles. The molecule has 28 heavy (non-hydrogen) atoms. The van der Waals surface area contributed by atoms with Crippen molar-refractivity contribution < 1.29 is 18.7 Å². The molecule has 0 radical (unpaired) electrons. The summed E-state index contributed by atoms with van der Waals surface area (Å²) in [4.78, 5) is 31.5. The number of imidazole rings is 1. The lowest BCUT2D eigenvalue weighted by atomic mass is 9.85. The zero-order valence-electron chi connectivity index (χ0n) is 15.9. The molecular formula is C20H22FN3O4. The quantitative estimate of drug-likeness (QED) is 0.603. The Morgan fingerprint density at radius 1 is 1.36 bits per heavy atom. The third kappa shape index (κ3) is 4.21. The van der Waals surface area contributed by atoms with Crippen LogP contribution in [0.3, 0.4) is 0 Å². The number of H-pyrrole nitrogens is 1. The Labute approximate surface area is 160 Å². The summed E-state index contributed by atoms with van der Waals surface area (Å²) in [5.41, 5.74) is -0.134. The van der Waals surface area contributed by atoms with Crippen molar-refractivity contribution in [2.24, 2.45) is 0 Å². The van der Waals surface area contributed by atoms with Gasteiger partial charge in [-0.2, -0.15) is 0 Å². The lowest BCUT2D eigenvalue weighted by Gasteiger charge is -2.23. The molecule has 3 rings (SSSR count). The van der Waals surface area contributed by atoms with Crippen LogP contribution in [0.1, 0.15) is 37.6 Å². The zero-order valence-corrected chi connectivity index (χ0v) is 15.9. The maximum atomic E-state index is 13.2. The van der Waals surface area contributed by atoms with Gasteiger partial charge in [-0.15, -0.1) is 0 Å². The zero-order chi connectivity index (χ0) is 20.5. The molecule has 7 nitrogen and oxygen atoms in total. The third-order valence-corrected chi connectivity index (χ3v) is 4.44. The molecule has 0 spiro atoms. The van der Waals surface area contributed by atoms with Crippen LogP contribution in [0.15, 0.2) is 33.5 Å². The molecule has 0 aliphatic rings. The molecule has 3 N–H and O–H groups in total. The van der Waals surface area contributed by atoms with Crippen molar-refractivity contribution >= 4 is 16.9 Å². The van der Waals surface area contributed by atoms with Crippen molar-refractivity contribution in [1.29, 1.82) is 0 Å². The molecule has 3 aromatic rings. The van der Waals surface area contributed by atoms with Crippen LogP contribution in [0, 0.1) is 12.7 Å². The normalized spacial score (nSPS) is 11.7. The van der Waals surface area contributed by atoms with Crippen LogP contribution in [0.5, 0.6) is 5.75 Å². The van der Waals surface area contributed by atoms with Gasteiger partial charge >= 0.3 is 0 Å². The van der Waals surface area contributed by atoms with Gasteiger partial charge in [-0.3, -0.25) is 9.59 Å². The summed E-state index contributed by atoms with van der Waals surface area (Å²) in [6.07, 6.45) is 0.478. The molecule has 0 bridgehead atoms. The molecule has 0 unspecified atom stereocenters. The molecule has 148 valence electrons. The predicted molar refractivity (Wildman–Crippen MR) is 102 cm³/mol. The van der Waals surface area contributed by atoms with Crippen molar-refractivity contribution in [2.75, 3.05) is 6.54 Å². The van der Waals surface area contributed by atoms with Crippen molar-refractivity contribution in [3.8, 4) is 5.75 Å². The Morgan fingerprint density at radius 2 is 2.11 bits per heavy atom. The van der Waals surface area contributed by atoms with Gasteiger partial charge in [-0.25, -0.2) is 9.37 Å². The van der Waals surface area contributed by atoms with Gasteiger partial charge in [0.15, 0.2) is 5.76 Å². The van der Waals surface area contributed by atoms with E-state index in [2.05, 4.69) is 15.3 Å². The second-order valence-electron chi connectivity index (χ2n) is 7.40. The number of carbonyl (C=O) groups excluding carboxylic acids is 1. The minimum atomic E-state index is -0.865. The van der Waals surface area contributed by atoms with Crippen LogP contribution >= 0.6 is 0 Å². The number of hydrogen-bond acceptors (Lipinski definition) is 5. The van der Waals surface area contributed by atoms with Gasteiger partial charge in [0.05, 0.1) is 11.0 Å². The standard InChI is InChI=1S/C20H22FN3O4/c1-11-8-15(25)18(27)19(28-11)20(2,3)10-17(26)22-7-6-16-23-13-5-4-12(21)9-14(13)24-16/h4-5,8-9,27H,6-7,10H2,1-3H3,(H,22,26)(H,23,24). The Hall–Kier alpha value is -3.16. The largest absolute Gasteiger partial charge is 0.502 e. The lowest BCUT2D eigenvalue weighted by Crippen LogP contribution is -2.33. The van der Waals surface area contributed by atoms with Crippen LogP contribution in [-0.2, 0) is 16.6 Å². The van der Waals surface area contributed by atoms with Crippen LogP contribution in [0.4, 0.5) is 4.39 Å². The molecule has 0 fully saturated rings. The van der Waals surface area contributed by atoms with E-state index in [4.69, 9.17) is 4.42 Å². The minimum absolute atomic E-state index is 0.0261. The number of aromatic nitrogens is 2. The number of aromatic hydroxyl groups is 1. The van der Waals surface area contributed by atoms with Gasteiger partial charge in [-0.05, 0) is 25.1 Å². The summed E-state index contributed by atoms with van der Waals surface area (Å²) in [5, 5.41) is 12.8. The molecule has 2 heterocycles. The van der Waals surface area contributed by atoms with Crippen molar-refractivity contribution in [2.45, 2.75) is 39.0 Å². The minimum Gasteiger partial charge on any atom is -0.502 e. The lowest BCUT2D eigenvalue weighted by molar-refractivity contribution is -0.122. The average Bonchev–Trinajstić information content (AvgIpc) is 2.99. The second kappa shape index (κ2) is 7.46. The molecule has 1 aromatic carbocycles. The summed E-state index contributed by atoms with van der Waals surface area (Å²) in [7, 11) is 0. The van der Waals surface area contributed by atoms with E-state index in [0.717, 1.165) is 0 Å². The summed E-state index contributed by atoms with van der Waals surface area (Å²) >= 11 is 0. The highest BCUT2D eigenvalue weighted by atomic mass is 19.1. The van der Waals surface area contributed by atoms with E-state index in [1.165, 1.54) is 18.2 Å². The first-order valence-corrected chi connectivity index (χ1v) is 8.91. The fourth-order valence-corrected chi connectivity index (χ4v) is 3.08. The number of nitrogens with zero attached hydrogens (tertiary/aromatic N) is 1. The number of halogens is 1. The Bertz CT molecular complexity index is 1080. The Morgan fingerprint density at radius 3 is 2.86 bits per heavy atom. The molecular weight excluding hydrogens is 365 g/mol. The van der Waals surface area contributed by atoms with Crippen molar-refractivity contribution in [3.63, 3.8) is 0 Å². The van der Waals surface area contributed by atoms with E-state index in [1.54, 1.807) is 26.8 Å². The second-order valence-corrected chi connectivity index (χ2v) is 7.40.